The van der Waals surface area contributed by atoms with E-state index in [2.05, 4.69) is 10.4 Å². The molecule has 0 aliphatic rings. The zero-order valence-electron chi connectivity index (χ0n) is 15.6. The predicted octanol–water partition coefficient (Wildman–Crippen LogP) is 3.85. The van der Waals surface area contributed by atoms with E-state index in [1.807, 2.05) is 37.3 Å². The molecule has 3 rings (SSSR count). The molecule has 1 amide bonds. The molecule has 2 aromatic carbocycles. The average molecular weight is 398 g/mol. The van der Waals surface area contributed by atoms with Crippen molar-refractivity contribution in [2.45, 2.75) is 26.1 Å². The largest absolute Gasteiger partial charge is 0.464 e. The number of hydrogen-bond acceptors (Lipinski definition) is 5. The Hall–Kier alpha value is -3.75. The zero-order valence-corrected chi connectivity index (χ0v) is 15.6. The minimum atomic E-state index is -0.662. The van der Waals surface area contributed by atoms with Gasteiger partial charge >= 0.3 is 5.69 Å². The fourth-order valence-corrected chi connectivity index (χ4v) is 2.78. The molecule has 0 saturated heterocycles. The first-order chi connectivity index (χ1) is 14.0. The lowest BCUT2D eigenvalue weighted by Crippen LogP contribution is -2.28. The van der Waals surface area contributed by atoms with Gasteiger partial charge in [-0.1, -0.05) is 37.3 Å². The Labute approximate surface area is 166 Å². The van der Waals surface area contributed by atoms with E-state index in [1.165, 1.54) is 16.9 Å². The first kappa shape index (κ1) is 20.0. The molecule has 3 aromatic rings. The molecule has 1 aromatic heterocycles. The highest BCUT2D eigenvalue weighted by Gasteiger charge is 2.18. The molecule has 0 aliphatic heterocycles. The van der Waals surface area contributed by atoms with Crippen molar-refractivity contribution < 1.29 is 18.8 Å². The summed E-state index contributed by atoms with van der Waals surface area (Å²) >= 11 is 0. The quantitative estimate of drug-likeness (QED) is 0.459. The van der Waals surface area contributed by atoms with Crippen LogP contribution in [0.15, 0.2) is 60.8 Å². The number of nitrogens with one attached hydrogen (secondary N) is 1. The van der Waals surface area contributed by atoms with E-state index in [1.54, 1.807) is 0 Å². The second-order valence-electron chi connectivity index (χ2n) is 6.23. The van der Waals surface area contributed by atoms with Crippen LogP contribution in [0.2, 0.25) is 0 Å². The van der Waals surface area contributed by atoms with Crippen LogP contribution in [0.3, 0.4) is 0 Å². The Morgan fingerprint density at radius 1 is 1.28 bits per heavy atom. The number of amides is 1. The minimum Gasteiger partial charge on any atom is -0.464 e. The van der Waals surface area contributed by atoms with E-state index < -0.39 is 10.7 Å². The van der Waals surface area contributed by atoms with Gasteiger partial charge in [-0.3, -0.25) is 14.9 Å². The molecule has 1 N–H and O–H groups in total. The van der Waals surface area contributed by atoms with E-state index in [0.717, 1.165) is 23.8 Å². The van der Waals surface area contributed by atoms with Gasteiger partial charge in [0.15, 0.2) is 6.73 Å². The van der Waals surface area contributed by atoms with Gasteiger partial charge in [0.05, 0.1) is 11.0 Å². The van der Waals surface area contributed by atoms with Crippen molar-refractivity contribution in [2.24, 2.45) is 0 Å². The number of ether oxygens (including phenoxy) is 1. The summed E-state index contributed by atoms with van der Waals surface area (Å²) in [4.78, 5) is 22.8. The predicted molar refractivity (Wildman–Crippen MR) is 103 cm³/mol. The molecule has 0 spiro atoms. The highest BCUT2D eigenvalue weighted by Crippen LogP contribution is 2.27. The number of carbonyl (C=O) groups is 1. The third-order valence-corrected chi connectivity index (χ3v) is 4.26. The molecule has 0 bridgehead atoms. The lowest BCUT2D eigenvalue weighted by Gasteiger charge is -2.16. The van der Waals surface area contributed by atoms with Gasteiger partial charge in [-0.15, -0.1) is 0 Å². The number of aromatic nitrogens is 2. The van der Waals surface area contributed by atoms with Crippen molar-refractivity contribution in [3.8, 4) is 5.75 Å². The van der Waals surface area contributed by atoms with Gasteiger partial charge < -0.3 is 10.1 Å². The van der Waals surface area contributed by atoms with Crippen molar-refractivity contribution in [2.75, 3.05) is 0 Å². The Kier molecular flexibility index (Phi) is 6.18. The van der Waals surface area contributed by atoms with Crippen LogP contribution in [-0.4, -0.2) is 20.6 Å². The van der Waals surface area contributed by atoms with E-state index in [-0.39, 0.29) is 35.8 Å². The Balaban J connectivity index is 1.66. The molecule has 1 unspecified atom stereocenters. The Bertz CT molecular complexity index is 1010. The van der Waals surface area contributed by atoms with Crippen molar-refractivity contribution in [3.63, 3.8) is 0 Å². The first-order valence-corrected chi connectivity index (χ1v) is 8.94. The van der Waals surface area contributed by atoms with Crippen LogP contribution in [0.25, 0.3) is 0 Å². The highest BCUT2D eigenvalue weighted by atomic mass is 19.1. The van der Waals surface area contributed by atoms with Crippen molar-refractivity contribution in [1.29, 1.82) is 0 Å². The van der Waals surface area contributed by atoms with Gasteiger partial charge in [0.1, 0.15) is 11.5 Å². The second kappa shape index (κ2) is 8.96. The molecule has 0 radical (unpaired) electrons. The number of nitro benzene ring substituents is 1. The molecule has 29 heavy (non-hydrogen) atoms. The zero-order chi connectivity index (χ0) is 20.8. The van der Waals surface area contributed by atoms with Crippen LogP contribution >= 0.6 is 0 Å². The fraction of sp³-hybridized carbons (Fsp3) is 0.200. The fourth-order valence-electron chi connectivity index (χ4n) is 2.78. The molecule has 1 atom stereocenters. The van der Waals surface area contributed by atoms with Gasteiger partial charge in [-0.25, -0.2) is 9.07 Å². The maximum absolute atomic E-state index is 13.4. The smallest absolute Gasteiger partial charge is 0.311 e. The summed E-state index contributed by atoms with van der Waals surface area (Å²) in [6, 6.07) is 13.9. The van der Waals surface area contributed by atoms with Crippen molar-refractivity contribution >= 4 is 11.6 Å². The first-order valence-electron chi connectivity index (χ1n) is 8.94. The molecular formula is C20H19FN4O4. The number of benzene rings is 2. The summed E-state index contributed by atoms with van der Waals surface area (Å²) in [6.45, 7) is 1.75. The van der Waals surface area contributed by atoms with Crippen molar-refractivity contribution in [3.05, 3.63) is 88.0 Å². The molecule has 0 aliphatic carbocycles. The summed E-state index contributed by atoms with van der Waals surface area (Å²) in [5, 5.41) is 18.1. The van der Waals surface area contributed by atoms with Gasteiger partial charge in [0.25, 0.3) is 5.91 Å². The Morgan fingerprint density at radius 3 is 2.72 bits per heavy atom. The van der Waals surface area contributed by atoms with E-state index in [9.17, 15) is 19.3 Å². The highest BCUT2D eigenvalue weighted by molar-refractivity contribution is 5.92. The SMILES string of the molecule is CCC(NC(=O)c1ccn(COc2cc(F)ccc2[N+](=O)[O-])n1)c1ccccc1. The third kappa shape index (κ3) is 4.95. The molecule has 9 heteroatoms. The van der Waals surface area contributed by atoms with Crippen LogP contribution in [0.1, 0.15) is 35.4 Å². The molecule has 0 saturated carbocycles. The number of carbonyl (C=O) groups excluding carboxylic acids is 1. The van der Waals surface area contributed by atoms with Crippen molar-refractivity contribution in [1.82, 2.24) is 15.1 Å². The van der Waals surface area contributed by atoms with Gasteiger partial charge in [-0.2, -0.15) is 5.10 Å². The minimum absolute atomic E-state index is 0.153. The number of halogens is 1. The van der Waals surface area contributed by atoms with Crippen LogP contribution in [0.4, 0.5) is 10.1 Å². The molecule has 8 nitrogen and oxygen atoms in total. The van der Waals surface area contributed by atoms with Crippen LogP contribution in [0.5, 0.6) is 5.75 Å². The molecule has 150 valence electrons. The lowest BCUT2D eigenvalue weighted by molar-refractivity contribution is -0.386. The number of nitro groups is 1. The Morgan fingerprint density at radius 2 is 2.03 bits per heavy atom. The summed E-state index contributed by atoms with van der Waals surface area (Å²) in [5.74, 6) is -1.22. The summed E-state index contributed by atoms with van der Waals surface area (Å²) < 4.78 is 20.0. The lowest BCUT2D eigenvalue weighted by atomic mass is 10.0. The topological polar surface area (TPSA) is 99.3 Å². The maximum Gasteiger partial charge on any atom is 0.311 e. The monoisotopic (exact) mass is 398 g/mol. The standard InChI is InChI=1S/C20H19FN4O4/c1-2-16(14-6-4-3-5-7-14)22-20(26)17-10-11-24(23-17)13-29-19-12-15(21)8-9-18(19)25(27)28/h3-12,16H,2,13H2,1H3,(H,22,26). The second-order valence-corrected chi connectivity index (χ2v) is 6.23. The summed E-state index contributed by atoms with van der Waals surface area (Å²) in [5.41, 5.74) is 0.812. The van der Waals surface area contributed by atoms with Gasteiger partial charge in [-0.05, 0) is 24.1 Å². The van der Waals surface area contributed by atoms with Gasteiger partial charge in [0, 0.05) is 18.3 Å². The third-order valence-electron chi connectivity index (χ3n) is 4.26. The van der Waals surface area contributed by atoms with E-state index in [0.29, 0.717) is 6.42 Å². The van der Waals surface area contributed by atoms with E-state index in [4.69, 9.17) is 4.74 Å². The number of rotatable bonds is 8. The van der Waals surface area contributed by atoms with Gasteiger partial charge in [0.2, 0.25) is 5.75 Å². The summed E-state index contributed by atoms with van der Waals surface area (Å²) in [7, 11) is 0. The molecule has 1 heterocycles. The maximum atomic E-state index is 13.4. The van der Waals surface area contributed by atoms with Crippen LogP contribution < -0.4 is 10.1 Å². The molecular weight excluding hydrogens is 379 g/mol. The van der Waals surface area contributed by atoms with Crippen LogP contribution in [0, 0.1) is 15.9 Å². The summed E-state index contributed by atoms with van der Waals surface area (Å²) in [6.07, 6.45) is 2.21. The van der Waals surface area contributed by atoms with E-state index >= 15 is 0 Å². The number of hydrogen-bond donors (Lipinski definition) is 1. The number of nitrogens with zero attached hydrogens (tertiary/aromatic N) is 3. The molecule has 0 fully saturated rings. The normalized spacial score (nSPS) is 11.7. The van der Waals surface area contributed by atoms with Crippen LogP contribution in [-0.2, 0) is 6.73 Å². The average Bonchev–Trinajstić information content (AvgIpc) is 3.20.